The summed E-state index contributed by atoms with van der Waals surface area (Å²) in [4.78, 5) is 36.9. The van der Waals surface area contributed by atoms with E-state index in [4.69, 9.17) is 0 Å². The molecule has 0 bridgehead atoms. The molecule has 0 aromatic heterocycles. The Balaban J connectivity index is 0.000000122. The quantitative estimate of drug-likeness (QED) is 0.216. The van der Waals surface area contributed by atoms with Gasteiger partial charge in [-0.05, 0) is 254 Å². The molecule has 0 radical (unpaired) electrons. The second kappa shape index (κ2) is 18.8. The molecule has 21 unspecified atom stereocenters. The van der Waals surface area contributed by atoms with Crippen molar-refractivity contribution in [1.29, 1.82) is 0 Å². The molecule has 0 aliphatic heterocycles. The highest BCUT2D eigenvalue weighted by Gasteiger charge is 2.68. The molecule has 4 N–H and O–H groups in total. The van der Waals surface area contributed by atoms with Crippen molar-refractivity contribution in [3.8, 4) is 0 Å². The summed E-state index contributed by atoms with van der Waals surface area (Å²) >= 11 is 0. The zero-order chi connectivity index (χ0) is 49.9. The molecule has 70 heavy (non-hydrogen) atoms. The molecule has 0 spiro atoms. The Hall–Kier alpha value is -1.15. The maximum atomic E-state index is 12.3. The normalized spacial score (nSPS) is 54.0. The maximum Gasteiger partial charge on any atom is 0.190 e. The van der Waals surface area contributed by atoms with Gasteiger partial charge in [0.2, 0.25) is 0 Å². The summed E-state index contributed by atoms with van der Waals surface area (Å²) < 4.78 is 0. The summed E-state index contributed by atoms with van der Waals surface area (Å²) in [7, 11) is 0. The lowest BCUT2D eigenvalue weighted by molar-refractivity contribution is -0.171. The molecule has 0 heterocycles. The van der Waals surface area contributed by atoms with Crippen LogP contribution in [0.1, 0.15) is 241 Å². The van der Waals surface area contributed by atoms with Crippen LogP contribution < -0.4 is 0 Å². The van der Waals surface area contributed by atoms with Gasteiger partial charge < -0.3 is 20.4 Å². The minimum Gasteiger partial charge on any atom is -0.389 e. The minimum atomic E-state index is -1.29. The lowest BCUT2D eigenvalue weighted by Gasteiger charge is -2.61. The molecule has 12 fully saturated rings. The smallest absolute Gasteiger partial charge is 0.190 e. The van der Waals surface area contributed by atoms with Crippen LogP contribution in [0, 0.1) is 109 Å². The predicted molar refractivity (Wildman–Crippen MR) is 277 cm³/mol. The van der Waals surface area contributed by atoms with Crippen molar-refractivity contribution < 1.29 is 34.8 Å². The number of carbonyl (C=O) groups is 3. The van der Waals surface area contributed by atoms with Crippen LogP contribution in [0.5, 0.6) is 0 Å². The monoisotopic (exact) mass is 971 g/mol. The van der Waals surface area contributed by atoms with E-state index >= 15 is 0 Å². The van der Waals surface area contributed by atoms with Crippen molar-refractivity contribution in [2.24, 2.45) is 109 Å². The topological polar surface area (TPSA) is 132 Å². The fourth-order valence-electron chi connectivity index (χ4n) is 23.7. The first kappa shape index (κ1) is 52.3. The summed E-state index contributed by atoms with van der Waals surface area (Å²) in [6.45, 7) is 15.3. The molecule has 0 aromatic rings. The van der Waals surface area contributed by atoms with E-state index in [-0.39, 0.29) is 46.1 Å². The minimum absolute atomic E-state index is 0.0125. The number of carbonyl (C=O) groups excluding carboxylic acids is 3. The van der Waals surface area contributed by atoms with Crippen molar-refractivity contribution in [2.75, 3.05) is 13.2 Å². The lowest BCUT2D eigenvalue weighted by atomic mass is 9.44. The second-order valence-corrected chi connectivity index (χ2v) is 29.4. The third kappa shape index (κ3) is 7.64. The lowest BCUT2D eigenvalue weighted by Crippen LogP contribution is -2.58. The summed E-state index contributed by atoms with van der Waals surface area (Å²) in [5.41, 5.74) is -1.04. The van der Waals surface area contributed by atoms with Gasteiger partial charge in [0.05, 0.1) is 0 Å². The number of hydrogen-bond acceptors (Lipinski definition) is 7. The van der Waals surface area contributed by atoms with Crippen LogP contribution in [0.4, 0.5) is 0 Å². The first-order chi connectivity index (χ1) is 33.2. The van der Waals surface area contributed by atoms with Crippen LogP contribution in [-0.4, -0.2) is 62.2 Å². The number of aliphatic hydroxyl groups is 4. The molecule has 7 nitrogen and oxygen atoms in total. The summed E-state index contributed by atoms with van der Waals surface area (Å²) in [6.07, 6.45) is 37.8. The fraction of sp³-hybridized carbons (Fsp3) is 0.952. The van der Waals surface area contributed by atoms with Gasteiger partial charge in [-0.3, -0.25) is 14.4 Å². The van der Waals surface area contributed by atoms with Gasteiger partial charge in [0.1, 0.15) is 24.4 Å². The van der Waals surface area contributed by atoms with Crippen molar-refractivity contribution in [1.82, 2.24) is 0 Å². The van der Waals surface area contributed by atoms with E-state index < -0.39 is 17.8 Å². The van der Waals surface area contributed by atoms with Crippen molar-refractivity contribution >= 4 is 17.3 Å². The molecular weight excluding hydrogens is 869 g/mol. The Kier molecular flexibility index (Phi) is 14.1. The third-order valence-electron chi connectivity index (χ3n) is 27.8. The standard InChI is InChI=1S/C21H34O3.2C21H34O2/c1-19-10-4-3-5-14(19)6-7-15-16(19)8-11-20(2)17(15)9-12-21(20,24)18(23)13-22;1-14(22)21(23)13-10-18-16-8-7-15-6-4-5-11-19(15,2)17(16)9-12-20(18,21)3;1-20-11-4-3-5-14(20)6-7-15-16-8-9-18(19(23)13-22)21(16,2)12-10-17(15)20/h14-17,22,24H,3-13H2,1-2H3;15-18,23H,4-13H2,1-3H3;14-18,22H,3-13H2,1-2H3. The predicted octanol–water partition coefficient (Wildman–Crippen LogP) is 13.0. The van der Waals surface area contributed by atoms with E-state index in [0.29, 0.717) is 46.8 Å². The molecule has 7 heteroatoms. The molecule has 0 aromatic carbocycles. The van der Waals surface area contributed by atoms with Crippen LogP contribution in [0.3, 0.4) is 0 Å². The molecule has 12 saturated carbocycles. The van der Waals surface area contributed by atoms with E-state index in [1.807, 2.05) is 0 Å². The van der Waals surface area contributed by atoms with E-state index in [2.05, 4.69) is 41.5 Å². The maximum absolute atomic E-state index is 12.3. The van der Waals surface area contributed by atoms with Gasteiger partial charge in [0, 0.05) is 16.7 Å². The molecule has 12 aliphatic carbocycles. The molecule has 21 atom stereocenters. The summed E-state index contributed by atoms with van der Waals surface area (Å²) in [5.74, 6) is 9.29. The van der Waals surface area contributed by atoms with Crippen LogP contribution in [0.15, 0.2) is 0 Å². The van der Waals surface area contributed by atoms with Gasteiger partial charge >= 0.3 is 0 Å². The Labute approximate surface area is 425 Å². The summed E-state index contributed by atoms with van der Waals surface area (Å²) in [6, 6.07) is 0. The molecule has 12 rings (SSSR count). The fourth-order valence-corrected chi connectivity index (χ4v) is 23.7. The highest BCUT2D eigenvalue weighted by atomic mass is 16.3. The Morgan fingerprint density at radius 2 is 0.771 bits per heavy atom. The van der Waals surface area contributed by atoms with Crippen molar-refractivity contribution in [3.05, 3.63) is 0 Å². The average Bonchev–Trinajstić information content (AvgIpc) is 3.96. The van der Waals surface area contributed by atoms with Crippen LogP contribution >= 0.6 is 0 Å². The van der Waals surface area contributed by atoms with Crippen LogP contribution in [-0.2, 0) is 14.4 Å². The largest absolute Gasteiger partial charge is 0.389 e. The molecular formula is C63H102O7. The van der Waals surface area contributed by atoms with Crippen LogP contribution in [0.25, 0.3) is 0 Å². The number of hydrogen-bond donors (Lipinski definition) is 4. The Morgan fingerprint density at radius 3 is 1.20 bits per heavy atom. The van der Waals surface area contributed by atoms with E-state index in [9.17, 15) is 34.8 Å². The van der Waals surface area contributed by atoms with Gasteiger partial charge in [-0.1, -0.05) is 80.1 Å². The number of ketones is 3. The first-order valence-electron chi connectivity index (χ1n) is 30.4. The Bertz CT molecular complexity index is 1960. The van der Waals surface area contributed by atoms with E-state index in [0.717, 1.165) is 91.8 Å². The highest BCUT2D eigenvalue weighted by Crippen LogP contribution is 2.71. The van der Waals surface area contributed by atoms with Gasteiger partial charge in [-0.2, -0.15) is 0 Å². The van der Waals surface area contributed by atoms with Crippen molar-refractivity contribution in [3.63, 3.8) is 0 Å². The van der Waals surface area contributed by atoms with E-state index in [1.54, 1.807) is 6.92 Å². The molecule has 0 saturated heterocycles. The second-order valence-electron chi connectivity index (χ2n) is 29.4. The zero-order valence-corrected chi connectivity index (χ0v) is 45.6. The number of fused-ring (bicyclic) bond motifs is 15. The van der Waals surface area contributed by atoms with Crippen LogP contribution in [0.2, 0.25) is 0 Å². The molecule has 396 valence electrons. The number of rotatable bonds is 5. The zero-order valence-electron chi connectivity index (χ0n) is 45.6. The third-order valence-corrected chi connectivity index (χ3v) is 27.8. The molecule has 0 amide bonds. The van der Waals surface area contributed by atoms with Gasteiger partial charge in [0.15, 0.2) is 17.3 Å². The van der Waals surface area contributed by atoms with Gasteiger partial charge in [-0.25, -0.2) is 0 Å². The average molecular weight is 972 g/mol. The van der Waals surface area contributed by atoms with Crippen molar-refractivity contribution in [2.45, 2.75) is 252 Å². The van der Waals surface area contributed by atoms with E-state index in [1.165, 1.54) is 141 Å². The molecule has 12 aliphatic rings. The van der Waals surface area contributed by atoms with Gasteiger partial charge in [-0.15, -0.1) is 0 Å². The van der Waals surface area contributed by atoms with Gasteiger partial charge in [0.25, 0.3) is 0 Å². The SMILES string of the molecule is CC(=O)C1(O)CCC2C3CCC4CCCCC4(C)C3CCC21C.CC12CCCCC1CCC1C2CCC2(C)C(C(=O)CO)CCC12.CC12CCCCC1CCC1C2CCC2(C)C1CCC2(O)C(=O)CO. The highest BCUT2D eigenvalue weighted by molar-refractivity contribution is 5.89. The number of aliphatic hydroxyl groups excluding tert-OH is 2. The first-order valence-corrected chi connectivity index (χ1v) is 30.4. The summed E-state index contributed by atoms with van der Waals surface area (Å²) in [5, 5.41) is 41.1. The Morgan fingerprint density at radius 1 is 0.386 bits per heavy atom. The number of Topliss-reactive ketones (excluding diaryl/α,β-unsaturated/α-hetero) is 3.